The predicted octanol–water partition coefficient (Wildman–Crippen LogP) is 2.15. The van der Waals surface area contributed by atoms with Crippen molar-refractivity contribution in [3.63, 3.8) is 0 Å². The van der Waals surface area contributed by atoms with E-state index in [0.29, 0.717) is 18.8 Å². The molecule has 4 N–H and O–H groups in total. The molecule has 2 aromatic carbocycles. The maximum Gasteiger partial charge on any atom is 0.321 e. The molecule has 0 atom stereocenters. The Balaban J connectivity index is 1.44. The summed E-state index contributed by atoms with van der Waals surface area (Å²) in [5.74, 6) is -1.30. The zero-order valence-corrected chi connectivity index (χ0v) is 18.7. The first-order valence-electron chi connectivity index (χ1n) is 9.76. The maximum absolute atomic E-state index is 12.7. The lowest BCUT2D eigenvalue weighted by atomic mass is 10.1. The van der Waals surface area contributed by atoms with Crippen molar-refractivity contribution in [2.75, 3.05) is 22.7 Å². The average Bonchev–Trinajstić information content (AvgIpc) is 3.50. The third kappa shape index (κ3) is 4.96. The molecule has 0 unspecified atom stereocenters. The quantitative estimate of drug-likeness (QED) is 0.397. The van der Waals surface area contributed by atoms with Gasteiger partial charge in [0.1, 0.15) is 4.21 Å². The Kier molecular flexibility index (Phi) is 6.29. The van der Waals surface area contributed by atoms with Crippen molar-refractivity contribution in [1.82, 2.24) is 16.2 Å². The SMILES string of the molecule is O=C(NNC(=O)c1ccccc1NS(=O)(=O)c1cccs1)c1cccc(N2CCNC2=O)c1. The van der Waals surface area contributed by atoms with Crippen LogP contribution < -0.4 is 25.8 Å². The molecule has 1 aliphatic rings. The molecule has 3 aromatic rings. The number of carbonyl (C=O) groups excluding carboxylic acids is 3. The van der Waals surface area contributed by atoms with Gasteiger partial charge in [0.05, 0.1) is 11.3 Å². The molecule has 4 rings (SSSR count). The number of carbonyl (C=O) groups is 3. The fraction of sp³-hybridized carbons (Fsp3) is 0.0952. The predicted molar refractivity (Wildman–Crippen MR) is 124 cm³/mol. The number of nitrogens with zero attached hydrogens (tertiary/aromatic N) is 1. The summed E-state index contributed by atoms with van der Waals surface area (Å²) >= 11 is 1.05. The van der Waals surface area contributed by atoms with E-state index in [1.165, 1.54) is 29.2 Å². The van der Waals surface area contributed by atoms with Crippen LogP contribution in [0, 0.1) is 0 Å². The highest BCUT2D eigenvalue weighted by Gasteiger charge is 2.22. The van der Waals surface area contributed by atoms with Gasteiger partial charge in [-0.05, 0) is 41.8 Å². The van der Waals surface area contributed by atoms with Crippen molar-refractivity contribution in [2.24, 2.45) is 0 Å². The van der Waals surface area contributed by atoms with Gasteiger partial charge in [-0.2, -0.15) is 0 Å². The monoisotopic (exact) mass is 485 g/mol. The minimum atomic E-state index is -3.85. The second-order valence-electron chi connectivity index (χ2n) is 6.93. The Labute approximate surface area is 193 Å². The molecule has 12 heteroatoms. The molecule has 0 bridgehead atoms. The molecule has 0 saturated carbocycles. The second-order valence-corrected chi connectivity index (χ2v) is 9.78. The number of thiophene rings is 1. The van der Waals surface area contributed by atoms with Crippen LogP contribution in [0.15, 0.2) is 70.3 Å². The van der Waals surface area contributed by atoms with E-state index in [1.807, 2.05) is 0 Å². The van der Waals surface area contributed by atoms with E-state index in [-0.39, 0.29) is 27.1 Å². The van der Waals surface area contributed by atoms with Crippen molar-refractivity contribution in [1.29, 1.82) is 0 Å². The summed E-state index contributed by atoms with van der Waals surface area (Å²) in [6.45, 7) is 1.000. The number of benzene rings is 2. The number of anilines is 2. The number of para-hydroxylation sites is 1. The molecule has 0 aliphatic carbocycles. The van der Waals surface area contributed by atoms with Gasteiger partial charge in [-0.25, -0.2) is 13.2 Å². The first-order valence-corrected chi connectivity index (χ1v) is 12.1. The topological polar surface area (TPSA) is 137 Å². The molecule has 1 saturated heterocycles. The standard InChI is InChI=1S/C21H19N5O5S2/c27-19(14-5-3-6-15(13-14)26-11-10-22-21(26)29)23-24-20(28)16-7-1-2-8-17(16)25-33(30,31)18-9-4-12-32-18/h1-9,12-13,25H,10-11H2,(H,22,29)(H,23,27)(H,24,28). The molecule has 170 valence electrons. The molecule has 0 spiro atoms. The van der Waals surface area contributed by atoms with Crippen LogP contribution >= 0.6 is 11.3 Å². The number of hydrogen-bond donors (Lipinski definition) is 4. The molecule has 1 aromatic heterocycles. The third-order valence-corrected chi connectivity index (χ3v) is 7.51. The molecular weight excluding hydrogens is 466 g/mol. The van der Waals surface area contributed by atoms with Crippen LogP contribution in [0.1, 0.15) is 20.7 Å². The lowest BCUT2D eigenvalue weighted by molar-refractivity contribution is 0.0847. The minimum Gasteiger partial charge on any atom is -0.336 e. The molecule has 10 nitrogen and oxygen atoms in total. The summed E-state index contributed by atoms with van der Waals surface area (Å²) in [7, 11) is -3.85. The molecule has 33 heavy (non-hydrogen) atoms. The maximum atomic E-state index is 12.7. The van der Waals surface area contributed by atoms with Gasteiger partial charge < -0.3 is 5.32 Å². The number of urea groups is 1. The van der Waals surface area contributed by atoms with Crippen molar-refractivity contribution in [2.45, 2.75) is 4.21 Å². The van der Waals surface area contributed by atoms with E-state index in [2.05, 4.69) is 20.9 Å². The Morgan fingerprint density at radius 3 is 2.48 bits per heavy atom. The van der Waals surface area contributed by atoms with E-state index < -0.39 is 21.8 Å². The Hall–Kier alpha value is -3.90. The zero-order chi connectivity index (χ0) is 23.4. The van der Waals surface area contributed by atoms with Gasteiger partial charge in [0.15, 0.2) is 0 Å². The van der Waals surface area contributed by atoms with Crippen LogP contribution in [-0.2, 0) is 10.0 Å². The van der Waals surface area contributed by atoms with E-state index in [9.17, 15) is 22.8 Å². The fourth-order valence-electron chi connectivity index (χ4n) is 3.17. The van der Waals surface area contributed by atoms with Gasteiger partial charge in [-0.3, -0.25) is 30.1 Å². The Bertz CT molecular complexity index is 1310. The van der Waals surface area contributed by atoms with Gasteiger partial charge in [-0.1, -0.05) is 24.3 Å². The van der Waals surface area contributed by atoms with Gasteiger partial charge in [-0.15, -0.1) is 11.3 Å². The van der Waals surface area contributed by atoms with Crippen molar-refractivity contribution in [3.05, 3.63) is 77.2 Å². The van der Waals surface area contributed by atoms with Crippen molar-refractivity contribution in [3.8, 4) is 0 Å². The second kappa shape index (κ2) is 9.30. The van der Waals surface area contributed by atoms with Gasteiger partial charge in [0.25, 0.3) is 21.8 Å². The van der Waals surface area contributed by atoms with Crippen LogP contribution in [0.2, 0.25) is 0 Å². The lowest BCUT2D eigenvalue weighted by Crippen LogP contribution is -2.42. The van der Waals surface area contributed by atoms with Crippen LogP contribution in [0.5, 0.6) is 0 Å². The van der Waals surface area contributed by atoms with E-state index in [0.717, 1.165) is 11.3 Å². The highest BCUT2D eigenvalue weighted by Crippen LogP contribution is 2.23. The molecule has 2 heterocycles. The minimum absolute atomic E-state index is 0.0282. The number of hydrogen-bond acceptors (Lipinski definition) is 6. The van der Waals surface area contributed by atoms with Gasteiger partial charge >= 0.3 is 6.03 Å². The number of nitrogens with one attached hydrogen (secondary N) is 4. The fourth-order valence-corrected chi connectivity index (χ4v) is 5.24. The van der Waals surface area contributed by atoms with Crippen LogP contribution in [0.4, 0.5) is 16.2 Å². The smallest absolute Gasteiger partial charge is 0.321 e. The largest absolute Gasteiger partial charge is 0.336 e. The van der Waals surface area contributed by atoms with E-state index in [4.69, 9.17) is 0 Å². The first-order chi connectivity index (χ1) is 15.8. The summed E-state index contributed by atoms with van der Waals surface area (Å²) < 4.78 is 27.5. The Morgan fingerprint density at radius 1 is 0.970 bits per heavy atom. The summed E-state index contributed by atoms with van der Waals surface area (Å²) in [5.41, 5.74) is 5.49. The summed E-state index contributed by atoms with van der Waals surface area (Å²) in [6.07, 6.45) is 0. The normalized spacial score (nSPS) is 13.3. The van der Waals surface area contributed by atoms with Crippen molar-refractivity contribution >= 4 is 50.6 Å². The first kappa shape index (κ1) is 22.3. The average molecular weight is 486 g/mol. The number of amides is 4. The zero-order valence-electron chi connectivity index (χ0n) is 17.1. The molecule has 1 fully saturated rings. The Morgan fingerprint density at radius 2 is 1.76 bits per heavy atom. The number of hydrazine groups is 1. The summed E-state index contributed by atoms with van der Waals surface area (Å²) in [5, 5.41) is 4.32. The highest BCUT2D eigenvalue weighted by molar-refractivity contribution is 7.94. The molecule has 0 radical (unpaired) electrons. The number of sulfonamides is 1. The number of rotatable bonds is 6. The van der Waals surface area contributed by atoms with E-state index >= 15 is 0 Å². The molecular formula is C21H19N5O5S2. The van der Waals surface area contributed by atoms with E-state index in [1.54, 1.807) is 41.8 Å². The lowest BCUT2D eigenvalue weighted by Gasteiger charge is -2.15. The summed E-state index contributed by atoms with van der Waals surface area (Å²) in [6, 6.07) is 15.3. The highest BCUT2D eigenvalue weighted by atomic mass is 32.2. The van der Waals surface area contributed by atoms with Gasteiger partial charge in [0.2, 0.25) is 0 Å². The van der Waals surface area contributed by atoms with Crippen LogP contribution in [0.25, 0.3) is 0 Å². The molecule has 1 aliphatic heterocycles. The third-order valence-electron chi connectivity index (χ3n) is 4.74. The van der Waals surface area contributed by atoms with Crippen LogP contribution in [0.3, 0.4) is 0 Å². The van der Waals surface area contributed by atoms with Crippen molar-refractivity contribution < 1.29 is 22.8 Å². The molecule has 4 amide bonds. The van der Waals surface area contributed by atoms with Crippen LogP contribution in [-0.4, -0.2) is 39.4 Å². The summed E-state index contributed by atoms with van der Waals surface area (Å²) in [4.78, 5) is 38.6. The van der Waals surface area contributed by atoms with Gasteiger partial charge in [0, 0.05) is 24.3 Å².